The Morgan fingerprint density at radius 2 is 1.70 bits per heavy atom. The fraction of sp³-hybridized carbons (Fsp3) is 0.258. The molecule has 1 saturated heterocycles. The second-order valence-corrected chi connectivity index (χ2v) is 11.3. The van der Waals surface area contributed by atoms with Crippen molar-refractivity contribution in [2.45, 2.75) is 44.3 Å². The van der Waals surface area contributed by atoms with Crippen LogP contribution in [0.25, 0.3) is 11.0 Å². The maximum absolute atomic E-state index is 13.0. The van der Waals surface area contributed by atoms with Gasteiger partial charge in [-0.2, -0.15) is 0 Å². The van der Waals surface area contributed by atoms with Gasteiger partial charge in [-0.1, -0.05) is 42.5 Å². The van der Waals surface area contributed by atoms with Gasteiger partial charge in [0.1, 0.15) is 17.8 Å². The number of hydrogen-bond acceptors (Lipinski definition) is 6. The molecule has 222 valence electrons. The monoisotopic (exact) mass is 616 g/mol. The lowest BCUT2D eigenvalue weighted by atomic mass is 10.0. The van der Waals surface area contributed by atoms with E-state index in [-0.39, 0.29) is 11.7 Å². The zero-order valence-corrected chi connectivity index (χ0v) is 24.9. The summed E-state index contributed by atoms with van der Waals surface area (Å²) in [5.74, 6) is -0.892. The first-order chi connectivity index (χ1) is 20.7. The van der Waals surface area contributed by atoms with Crippen LogP contribution in [0.2, 0.25) is 0 Å². The fourth-order valence-corrected chi connectivity index (χ4v) is 5.80. The van der Waals surface area contributed by atoms with Crippen molar-refractivity contribution in [1.82, 2.24) is 25.1 Å². The van der Waals surface area contributed by atoms with E-state index in [4.69, 9.17) is 30.2 Å². The molecule has 1 aliphatic heterocycles. The minimum Gasteiger partial charge on any atom is -0.508 e. The average molecular weight is 617 g/mol. The molecule has 0 spiro atoms. The van der Waals surface area contributed by atoms with Crippen LogP contribution < -0.4 is 16.4 Å². The Bertz CT molecular complexity index is 1720. The van der Waals surface area contributed by atoms with E-state index >= 15 is 0 Å². The summed E-state index contributed by atoms with van der Waals surface area (Å²) in [6.07, 6.45) is 2.24. The van der Waals surface area contributed by atoms with Crippen LogP contribution in [-0.2, 0) is 29.0 Å². The number of fused-ring (bicyclic) bond motifs is 1. The molecule has 4 aromatic rings. The lowest BCUT2D eigenvalue weighted by molar-refractivity contribution is -0.127. The number of phenolic OH excluding ortho intramolecular Hbond substituents is 1. The number of hydrogen-bond donors (Lipinski definition) is 5. The number of nitrogens with zero attached hydrogens (tertiary/aromatic N) is 2. The largest absolute Gasteiger partial charge is 0.508 e. The van der Waals surface area contributed by atoms with Crippen molar-refractivity contribution in [1.29, 1.82) is 0 Å². The van der Waals surface area contributed by atoms with Gasteiger partial charge in [-0.15, -0.1) is 0 Å². The number of aromatic hydroxyl groups is 1. The minimum atomic E-state index is -0.845. The highest BCUT2D eigenvalue weighted by molar-refractivity contribution is 7.80. The van der Waals surface area contributed by atoms with Crippen LogP contribution in [0.1, 0.15) is 34.3 Å². The lowest BCUT2D eigenvalue weighted by Gasteiger charge is -2.16. The number of primary amides is 1. The molecule has 0 radical (unpaired) electrons. The summed E-state index contributed by atoms with van der Waals surface area (Å²) >= 11 is 11.0. The molecule has 12 heteroatoms. The standard InChI is InChI=1S/C31H32N6O4S2/c32-27(39)24(16-19-6-2-1-3-7-19)33-28(40)21-10-13-26-23(18-21)34-30(42)36(26)14-4-5-15-37-29(41)25(35-31(37)43)17-20-8-11-22(38)12-9-20/h1-3,6-13,18,24-25,38H,4-5,14-17H2,(H2,32,39)(H,33,40)(H,34,42)(H,35,43)/t24-,25?/m0/s1. The van der Waals surface area contributed by atoms with Crippen molar-refractivity contribution in [3.63, 3.8) is 0 Å². The number of imidazole rings is 1. The second kappa shape index (κ2) is 13.2. The third kappa shape index (κ3) is 7.09. The first-order valence-corrected chi connectivity index (χ1v) is 14.8. The zero-order valence-electron chi connectivity index (χ0n) is 23.3. The summed E-state index contributed by atoms with van der Waals surface area (Å²) in [6, 6.07) is 20.1. The van der Waals surface area contributed by atoms with Gasteiger partial charge in [-0.05, 0) is 78.7 Å². The van der Waals surface area contributed by atoms with E-state index in [1.54, 1.807) is 41.3 Å². The fourth-order valence-electron chi connectivity index (χ4n) is 5.18. The maximum atomic E-state index is 13.0. The molecule has 2 heterocycles. The van der Waals surface area contributed by atoms with Gasteiger partial charge in [0.15, 0.2) is 9.88 Å². The predicted octanol–water partition coefficient (Wildman–Crippen LogP) is 3.34. The van der Waals surface area contributed by atoms with E-state index in [0.29, 0.717) is 53.3 Å². The number of aromatic amines is 1. The van der Waals surface area contributed by atoms with Gasteiger partial charge in [-0.3, -0.25) is 19.3 Å². The third-order valence-corrected chi connectivity index (χ3v) is 8.12. The molecule has 10 nitrogen and oxygen atoms in total. The zero-order chi connectivity index (χ0) is 30.5. The molecule has 0 bridgehead atoms. The normalized spacial score (nSPS) is 15.4. The second-order valence-electron chi connectivity index (χ2n) is 10.5. The van der Waals surface area contributed by atoms with E-state index in [1.165, 1.54) is 0 Å². The molecule has 1 aromatic heterocycles. The van der Waals surface area contributed by atoms with Crippen LogP contribution in [0.4, 0.5) is 0 Å². The molecule has 3 amide bonds. The number of carbonyl (C=O) groups is 3. The molecule has 1 unspecified atom stereocenters. The summed E-state index contributed by atoms with van der Waals surface area (Å²) in [7, 11) is 0. The van der Waals surface area contributed by atoms with Crippen LogP contribution in [0, 0.1) is 4.77 Å². The Labute approximate surface area is 258 Å². The first-order valence-electron chi connectivity index (χ1n) is 14.0. The van der Waals surface area contributed by atoms with Gasteiger partial charge >= 0.3 is 0 Å². The van der Waals surface area contributed by atoms with E-state index in [2.05, 4.69) is 15.6 Å². The summed E-state index contributed by atoms with van der Waals surface area (Å²) in [5.41, 5.74) is 9.32. The van der Waals surface area contributed by atoms with Crippen molar-refractivity contribution in [3.8, 4) is 5.75 Å². The topological polar surface area (TPSA) is 145 Å². The molecule has 6 N–H and O–H groups in total. The highest BCUT2D eigenvalue weighted by Gasteiger charge is 2.34. The summed E-state index contributed by atoms with van der Waals surface area (Å²) in [4.78, 5) is 42.7. The smallest absolute Gasteiger partial charge is 0.252 e. The average Bonchev–Trinajstić information content (AvgIpc) is 3.45. The van der Waals surface area contributed by atoms with E-state index in [0.717, 1.165) is 23.1 Å². The Hall–Kier alpha value is -4.55. The summed E-state index contributed by atoms with van der Waals surface area (Å²) in [5, 5.41) is 15.8. The van der Waals surface area contributed by atoms with Crippen molar-refractivity contribution in [3.05, 3.63) is 94.3 Å². The number of nitrogens with two attached hydrogens (primary N) is 1. The summed E-state index contributed by atoms with van der Waals surface area (Å²) < 4.78 is 2.49. The Morgan fingerprint density at radius 3 is 2.42 bits per heavy atom. The van der Waals surface area contributed by atoms with Crippen molar-refractivity contribution in [2.75, 3.05) is 6.54 Å². The molecular formula is C31H32N6O4S2. The Morgan fingerprint density at radius 1 is 0.977 bits per heavy atom. The van der Waals surface area contributed by atoms with Gasteiger partial charge in [-0.25, -0.2) is 0 Å². The number of amides is 3. The van der Waals surface area contributed by atoms with E-state index in [9.17, 15) is 19.5 Å². The molecule has 3 aromatic carbocycles. The number of aryl methyl sites for hydroxylation is 1. The maximum Gasteiger partial charge on any atom is 0.252 e. The molecule has 5 rings (SSSR count). The van der Waals surface area contributed by atoms with Gasteiger partial charge in [0.05, 0.1) is 11.0 Å². The third-order valence-electron chi connectivity index (χ3n) is 7.46. The van der Waals surface area contributed by atoms with Gasteiger partial charge in [0, 0.05) is 31.5 Å². The number of thiocarbonyl (C=S) groups is 1. The van der Waals surface area contributed by atoms with Gasteiger partial charge in [0.2, 0.25) is 5.91 Å². The van der Waals surface area contributed by atoms with Gasteiger partial charge in [0.25, 0.3) is 11.8 Å². The van der Waals surface area contributed by atoms with Crippen LogP contribution in [0.15, 0.2) is 72.8 Å². The molecule has 1 aliphatic rings. The quantitative estimate of drug-likeness (QED) is 0.121. The Balaban J connectivity index is 1.16. The molecular weight excluding hydrogens is 585 g/mol. The highest BCUT2D eigenvalue weighted by atomic mass is 32.1. The van der Waals surface area contributed by atoms with Crippen LogP contribution in [0.5, 0.6) is 5.75 Å². The highest BCUT2D eigenvalue weighted by Crippen LogP contribution is 2.19. The van der Waals surface area contributed by atoms with E-state index in [1.807, 2.05) is 41.0 Å². The molecule has 1 fully saturated rings. The van der Waals surface area contributed by atoms with Crippen LogP contribution >= 0.6 is 24.4 Å². The van der Waals surface area contributed by atoms with Gasteiger partial charge < -0.3 is 31.0 Å². The molecule has 2 atom stereocenters. The van der Waals surface area contributed by atoms with Crippen molar-refractivity contribution < 1.29 is 19.5 Å². The number of H-pyrrole nitrogens is 1. The van der Waals surface area contributed by atoms with Crippen LogP contribution in [-0.4, -0.2) is 61.0 Å². The van der Waals surface area contributed by atoms with Crippen LogP contribution in [0.3, 0.4) is 0 Å². The van der Waals surface area contributed by atoms with Crippen molar-refractivity contribution >= 4 is 58.3 Å². The lowest BCUT2D eigenvalue weighted by Crippen LogP contribution is -2.45. The first kappa shape index (κ1) is 29.9. The number of nitrogens with one attached hydrogen (secondary N) is 3. The molecule has 0 aliphatic carbocycles. The number of phenols is 1. The minimum absolute atomic E-state index is 0.0603. The number of unbranched alkanes of at least 4 members (excludes halogenated alkanes) is 1. The number of benzene rings is 3. The molecule has 43 heavy (non-hydrogen) atoms. The SMILES string of the molecule is NC(=O)[C@H](Cc1ccccc1)NC(=O)c1ccc2c(c1)[nH]c(=S)n2CCCCN1C(=O)C(Cc2ccc(O)cc2)NC1=S. The number of carbonyl (C=O) groups excluding carboxylic acids is 3. The number of aromatic nitrogens is 2. The predicted molar refractivity (Wildman–Crippen MR) is 170 cm³/mol. The van der Waals surface area contributed by atoms with Crippen molar-refractivity contribution in [2.24, 2.45) is 5.73 Å². The number of rotatable bonds is 12. The Kier molecular flexibility index (Phi) is 9.17. The summed E-state index contributed by atoms with van der Waals surface area (Å²) in [6.45, 7) is 1.10. The van der Waals surface area contributed by atoms with E-state index < -0.39 is 23.9 Å². The molecule has 0 saturated carbocycles.